The molecule has 0 aliphatic rings. The maximum absolute atomic E-state index is 5.22. The number of hydrogen-bond donors (Lipinski definition) is 1. The second-order valence-electron chi connectivity index (χ2n) is 3.09. The Morgan fingerprint density at radius 2 is 2.00 bits per heavy atom. The fraction of sp³-hybridized carbons (Fsp3) is 0.273. The Hall–Kier alpha value is -0.790. The second kappa shape index (κ2) is 7.60. The molecular weight excluding hydrogens is 336 g/mol. The van der Waals surface area contributed by atoms with Gasteiger partial charge in [0.15, 0.2) is 15.8 Å². The number of thiocarbonyl (C=S) groups is 1. The van der Waals surface area contributed by atoms with Gasteiger partial charge in [0.05, 0.1) is 20.4 Å². The number of ether oxygens (including phenoxy) is 2. The van der Waals surface area contributed by atoms with Crippen molar-refractivity contribution in [1.82, 2.24) is 5.43 Å². The van der Waals surface area contributed by atoms with Gasteiger partial charge in [-0.3, -0.25) is 5.43 Å². The average molecular weight is 349 g/mol. The Bertz CT molecular complexity index is 467. The third-order valence-electron chi connectivity index (χ3n) is 2.05. The summed E-state index contributed by atoms with van der Waals surface area (Å²) in [4.78, 5) is 0. The molecular formula is C11H13BrN2O2S2. The zero-order valence-electron chi connectivity index (χ0n) is 10.2. The first kappa shape index (κ1) is 15.3. The quantitative estimate of drug-likeness (QED) is 0.514. The molecule has 0 aliphatic carbocycles. The molecule has 0 atom stereocenters. The Morgan fingerprint density at radius 3 is 2.56 bits per heavy atom. The number of nitrogens with one attached hydrogen (secondary N) is 1. The van der Waals surface area contributed by atoms with E-state index in [0.717, 1.165) is 10.0 Å². The van der Waals surface area contributed by atoms with Crippen LogP contribution in [0.4, 0.5) is 0 Å². The van der Waals surface area contributed by atoms with E-state index in [-0.39, 0.29) is 0 Å². The van der Waals surface area contributed by atoms with E-state index in [0.29, 0.717) is 15.8 Å². The number of nitrogens with zero attached hydrogens (tertiary/aromatic N) is 1. The highest BCUT2D eigenvalue weighted by atomic mass is 79.9. The molecule has 0 fully saturated rings. The first-order valence-electron chi connectivity index (χ1n) is 4.91. The van der Waals surface area contributed by atoms with Crippen LogP contribution in [0.15, 0.2) is 21.7 Å². The minimum Gasteiger partial charge on any atom is -0.493 e. The van der Waals surface area contributed by atoms with E-state index in [1.807, 2.05) is 18.4 Å². The van der Waals surface area contributed by atoms with Crippen molar-refractivity contribution in [2.75, 3.05) is 20.5 Å². The summed E-state index contributed by atoms with van der Waals surface area (Å²) in [5, 5.41) is 4.04. The van der Waals surface area contributed by atoms with Crippen LogP contribution in [-0.4, -0.2) is 31.0 Å². The number of benzene rings is 1. The lowest BCUT2D eigenvalue weighted by Gasteiger charge is -2.09. The van der Waals surface area contributed by atoms with Crippen LogP contribution in [-0.2, 0) is 0 Å². The molecule has 0 saturated carbocycles. The van der Waals surface area contributed by atoms with Crippen molar-refractivity contribution in [2.24, 2.45) is 5.10 Å². The van der Waals surface area contributed by atoms with E-state index >= 15 is 0 Å². The van der Waals surface area contributed by atoms with Gasteiger partial charge in [0.1, 0.15) is 0 Å². The maximum Gasteiger partial charge on any atom is 0.161 e. The molecule has 0 radical (unpaired) electrons. The van der Waals surface area contributed by atoms with Gasteiger partial charge in [0.25, 0.3) is 0 Å². The summed E-state index contributed by atoms with van der Waals surface area (Å²) >= 11 is 9.84. The highest BCUT2D eigenvalue weighted by Gasteiger charge is 2.07. The Labute approximate surface area is 124 Å². The second-order valence-corrected chi connectivity index (χ2v) is 5.43. The van der Waals surface area contributed by atoms with Gasteiger partial charge < -0.3 is 9.47 Å². The fourth-order valence-corrected chi connectivity index (χ4v) is 1.79. The minimum atomic E-state index is 0.614. The minimum absolute atomic E-state index is 0.614. The molecule has 0 aliphatic heterocycles. The molecule has 0 spiro atoms. The highest BCUT2D eigenvalue weighted by molar-refractivity contribution is 9.10. The predicted octanol–water partition coefficient (Wildman–Crippen LogP) is 3.04. The lowest BCUT2D eigenvalue weighted by atomic mass is 10.2. The smallest absolute Gasteiger partial charge is 0.161 e. The fourth-order valence-electron chi connectivity index (χ4n) is 1.17. The van der Waals surface area contributed by atoms with Crippen LogP contribution >= 0.6 is 39.9 Å². The van der Waals surface area contributed by atoms with Crippen LogP contribution < -0.4 is 14.9 Å². The van der Waals surface area contributed by atoms with E-state index in [9.17, 15) is 0 Å². The van der Waals surface area contributed by atoms with Crippen molar-refractivity contribution >= 4 is 50.4 Å². The van der Waals surface area contributed by atoms with Crippen LogP contribution in [0.3, 0.4) is 0 Å². The molecule has 0 aromatic heterocycles. The normalized spacial score (nSPS) is 10.4. The summed E-state index contributed by atoms with van der Waals surface area (Å²) in [6, 6.07) is 3.66. The van der Waals surface area contributed by atoms with Crippen LogP contribution in [0.2, 0.25) is 0 Å². The van der Waals surface area contributed by atoms with Crippen molar-refractivity contribution in [3.05, 3.63) is 22.2 Å². The molecule has 98 valence electrons. The summed E-state index contributed by atoms with van der Waals surface area (Å²) < 4.78 is 11.9. The van der Waals surface area contributed by atoms with Gasteiger partial charge in [-0.1, -0.05) is 24.0 Å². The molecule has 7 heteroatoms. The number of rotatable bonds is 4. The van der Waals surface area contributed by atoms with E-state index in [2.05, 4.69) is 26.5 Å². The van der Waals surface area contributed by atoms with Crippen molar-refractivity contribution in [3.8, 4) is 11.5 Å². The molecule has 0 bridgehead atoms. The van der Waals surface area contributed by atoms with E-state index in [1.54, 1.807) is 20.4 Å². The summed E-state index contributed by atoms with van der Waals surface area (Å²) in [6.07, 6.45) is 3.55. The highest BCUT2D eigenvalue weighted by Crippen LogP contribution is 2.32. The zero-order chi connectivity index (χ0) is 13.5. The summed E-state index contributed by atoms with van der Waals surface area (Å²) in [6.45, 7) is 0. The van der Waals surface area contributed by atoms with Gasteiger partial charge in [-0.25, -0.2) is 0 Å². The van der Waals surface area contributed by atoms with Crippen LogP contribution in [0.5, 0.6) is 11.5 Å². The molecule has 1 aromatic carbocycles. The molecule has 18 heavy (non-hydrogen) atoms. The largest absolute Gasteiger partial charge is 0.493 e. The first-order chi connectivity index (χ1) is 8.62. The average Bonchev–Trinajstić information content (AvgIpc) is 2.39. The molecule has 0 saturated heterocycles. The standard InChI is InChI=1S/C11H13BrN2O2S2/c1-15-9-4-7(6-13-14-11(17)18-3)8(12)5-10(9)16-2/h4-6H,1-3H3,(H,14,17)/b13-6+. The van der Waals surface area contributed by atoms with Crippen molar-refractivity contribution in [1.29, 1.82) is 0 Å². The topological polar surface area (TPSA) is 42.8 Å². The maximum atomic E-state index is 5.22. The molecule has 1 aromatic rings. The van der Waals surface area contributed by atoms with Crippen LogP contribution in [0.25, 0.3) is 0 Å². The number of hydrogen-bond acceptors (Lipinski definition) is 5. The molecule has 0 heterocycles. The van der Waals surface area contributed by atoms with Crippen LogP contribution in [0.1, 0.15) is 5.56 Å². The molecule has 1 N–H and O–H groups in total. The van der Waals surface area contributed by atoms with E-state index < -0.39 is 0 Å². The van der Waals surface area contributed by atoms with E-state index in [1.165, 1.54) is 11.8 Å². The summed E-state index contributed by atoms with van der Waals surface area (Å²) in [5.41, 5.74) is 3.61. The van der Waals surface area contributed by atoms with Crippen molar-refractivity contribution in [2.45, 2.75) is 0 Å². The van der Waals surface area contributed by atoms with Gasteiger partial charge in [-0.15, -0.1) is 0 Å². The lowest BCUT2D eigenvalue weighted by molar-refractivity contribution is 0.354. The molecule has 0 amide bonds. The molecule has 0 unspecified atom stereocenters. The SMILES string of the molecule is COc1cc(Br)c(/C=N/NC(=S)SC)cc1OC. The number of hydrazone groups is 1. The van der Waals surface area contributed by atoms with Gasteiger partial charge in [0, 0.05) is 10.0 Å². The van der Waals surface area contributed by atoms with Gasteiger partial charge >= 0.3 is 0 Å². The molecule has 4 nitrogen and oxygen atoms in total. The monoisotopic (exact) mass is 348 g/mol. The number of halogens is 1. The van der Waals surface area contributed by atoms with Gasteiger partial charge in [-0.05, 0) is 34.3 Å². The zero-order valence-corrected chi connectivity index (χ0v) is 13.4. The van der Waals surface area contributed by atoms with Crippen molar-refractivity contribution < 1.29 is 9.47 Å². The molecule has 1 rings (SSSR count). The summed E-state index contributed by atoms with van der Waals surface area (Å²) in [5.74, 6) is 1.31. The van der Waals surface area contributed by atoms with Crippen molar-refractivity contribution in [3.63, 3.8) is 0 Å². The Morgan fingerprint density at radius 1 is 1.39 bits per heavy atom. The van der Waals surface area contributed by atoms with E-state index in [4.69, 9.17) is 21.7 Å². The number of methoxy groups -OCH3 is 2. The third kappa shape index (κ3) is 4.15. The number of thioether (sulfide) groups is 1. The predicted molar refractivity (Wildman–Crippen MR) is 84.1 cm³/mol. The van der Waals surface area contributed by atoms with Crippen LogP contribution in [0, 0.1) is 0 Å². The first-order valence-corrected chi connectivity index (χ1v) is 7.33. The van der Waals surface area contributed by atoms with Gasteiger partial charge in [0.2, 0.25) is 0 Å². The lowest BCUT2D eigenvalue weighted by Crippen LogP contribution is -2.10. The van der Waals surface area contributed by atoms with Gasteiger partial charge in [-0.2, -0.15) is 5.10 Å². The third-order valence-corrected chi connectivity index (χ3v) is 3.79. The summed E-state index contributed by atoms with van der Waals surface area (Å²) in [7, 11) is 3.18. The Kier molecular flexibility index (Phi) is 6.45. The Balaban J connectivity index is 2.92.